The summed E-state index contributed by atoms with van der Waals surface area (Å²) in [5.74, 6) is -1.59. The molecule has 0 aliphatic carbocycles. The molecular weight excluding hydrogens is 707 g/mol. The van der Waals surface area contributed by atoms with Crippen molar-refractivity contribution in [2.24, 2.45) is 5.92 Å². The van der Waals surface area contributed by atoms with Crippen LogP contribution in [0.15, 0.2) is 127 Å². The molecular formula is C41H41O6Sn. The van der Waals surface area contributed by atoms with Gasteiger partial charge >= 0.3 is 90.3 Å². The summed E-state index contributed by atoms with van der Waals surface area (Å²) in [5.41, 5.74) is 1.08. The minimum Gasteiger partial charge on any atom is -0.478 e. The number of fused-ring (bicyclic) bond motifs is 3. The van der Waals surface area contributed by atoms with E-state index in [-0.39, 0.29) is 0 Å². The van der Waals surface area contributed by atoms with Gasteiger partial charge in [-0.2, -0.15) is 0 Å². The van der Waals surface area contributed by atoms with Crippen molar-refractivity contribution in [1.82, 2.24) is 0 Å². The number of rotatable bonds is 8. The van der Waals surface area contributed by atoms with Gasteiger partial charge in [0.25, 0.3) is 0 Å². The number of hydrogen-bond acceptors (Lipinski definition) is 3. The molecule has 1 atom stereocenters. The first kappa shape index (κ1) is 37.8. The third-order valence-corrected chi connectivity index (χ3v) is 9.54. The third kappa shape index (κ3) is 10.9. The maximum Gasteiger partial charge on any atom is 0.336 e. The van der Waals surface area contributed by atoms with Crippen molar-refractivity contribution < 1.29 is 29.7 Å². The zero-order valence-electron chi connectivity index (χ0n) is 27.3. The first-order valence-electron chi connectivity index (χ1n) is 16.0. The van der Waals surface area contributed by atoms with Crippen LogP contribution in [0.2, 0.25) is 4.44 Å². The number of aromatic carboxylic acids is 3. The van der Waals surface area contributed by atoms with Crippen LogP contribution in [0.25, 0.3) is 32.3 Å². The number of carbonyl (C=O) groups is 3. The molecule has 6 aromatic carbocycles. The summed E-state index contributed by atoms with van der Waals surface area (Å²) in [5, 5.41) is 31.9. The molecule has 1 unspecified atom stereocenters. The van der Waals surface area contributed by atoms with Gasteiger partial charge in [0.15, 0.2) is 0 Å². The van der Waals surface area contributed by atoms with Crippen LogP contribution < -0.4 is 0 Å². The van der Waals surface area contributed by atoms with E-state index in [9.17, 15) is 14.4 Å². The normalized spacial score (nSPS) is 10.8. The fourth-order valence-corrected chi connectivity index (χ4v) is 6.59. The van der Waals surface area contributed by atoms with E-state index in [0.717, 1.165) is 38.2 Å². The second-order valence-corrected chi connectivity index (χ2v) is 12.3. The van der Waals surface area contributed by atoms with Crippen LogP contribution in [0.3, 0.4) is 0 Å². The molecule has 0 aliphatic heterocycles. The Kier molecular flexibility index (Phi) is 15.6. The molecule has 0 heterocycles. The number of hydrogen-bond donors (Lipinski definition) is 3. The molecule has 245 valence electrons. The summed E-state index contributed by atoms with van der Waals surface area (Å²) in [6.07, 6.45) is 5.67. The van der Waals surface area contributed by atoms with Crippen molar-refractivity contribution in [1.29, 1.82) is 0 Å². The molecule has 3 N–H and O–H groups in total. The Hall–Kier alpha value is -4.69. The van der Waals surface area contributed by atoms with Crippen LogP contribution in [0.1, 0.15) is 70.6 Å². The minimum absolute atomic E-state index is 0.359. The predicted molar refractivity (Wildman–Crippen MR) is 197 cm³/mol. The molecule has 0 fully saturated rings. The molecule has 0 saturated carbocycles. The van der Waals surface area contributed by atoms with Crippen molar-refractivity contribution >= 4 is 72.8 Å². The van der Waals surface area contributed by atoms with E-state index >= 15 is 0 Å². The molecule has 0 aromatic heterocycles. The van der Waals surface area contributed by atoms with Gasteiger partial charge in [-0.25, -0.2) is 14.4 Å². The van der Waals surface area contributed by atoms with Crippen molar-refractivity contribution in [3.05, 3.63) is 144 Å². The molecule has 0 bridgehead atoms. The average molecular weight is 748 g/mol. The maximum absolute atomic E-state index is 10.8. The van der Waals surface area contributed by atoms with Gasteiger partial charge in [-0.05, 0) is 50.5 Å². The molecule has 0 amide bonds. The van der Waals surface area contributed by atoms with Crippen LogP contribution in [-0.4, -0.2) is 55.8 Å². The van der Waals surface area contributed by atoms with Gasteiger partial charge in [0.05, 0.1) is 16.7 Å². The molecule has 0 aliphatic rings. The van der Waals surface area contributed by atoms with Gasteiger partial charge in [-0.1, -0.05) is 109 Å². The van der Waals surface area contributed by atoms with Gasteiger partial charge in [0.2, 0.25) is 0 Å². The summed E-state index contributed by atoms with van der Waals surface area (Å²) >= 11 is 1.71. The van der Waals surface area contributed by atoms with Crippen LogP contribution in [-0.2, 0) is 0 Å². The fraction of sp³-hybridized carbons (Fsp3) is 0.195. The summed E-state index contributed by atoms with van der Waals surface area (Å²) in [4.78, 5) is 32.4. The average Bonchev–Trinajstić information content (AvgIpc) is 3.12. The Morgan fingerprint density at radius 1 is 0.521 bits per heavy atom. The van der Waals surface area contributed by atoms with Crippen LogP contribution in [0.4, 0.5) is 0 Å². The summed E-state index contributed by atoms with van der Waals surface area (Å²) in [6.45, 7) is 4.58. The van der Waals surface area contributed by atoms with Gasteiger partial charge in [-0.3, -0.25) is 0 Å². The van der Waals surface area contributed by atoms with Gasteiger partial charge in [0, 0.05) is 0 Å². The number of carboxylic acids is 3. The van der Waals surface area contributed by atoms with E-state index in [1.54, 1.807) is 58.9 Å². The predicted octanol–water partition coefficient (Wildman–Crippen LogP) is 10.4. The molecule has 6 rings (SSSR count). The van der Waals surface area contributed by atoms with Gasteiger partial charge in [-0.15, -0.1) is 0 Å². The van der Waals surface area contributed by atoms with E-state index < -0.39 is 17.9 Å². The van der Waals surface area contributed by atoms with Gasteiger partial charge in [0.1, 0.15) is 0 Å². The minimum atomic E-state index is -0.878. The van der Waals surface area contributed by atoms with Crippen LogP contribution in [0.5, 0.6) is 0 Å². The smallest absolute Gasteiger partial charge is 0.336 e. The third-order valence-electron chi connectivity index (χ3n) is 7.89. The van der Waals surface area contributed by atoms with Crippen molar-refractivity contribution in [3.63, 3.8) is 0 Å². The fourth-order valence-electron chi connectivity index (χ4n) is 5.18. The summed E-state index contributed by atoms with van der Waals surface area (Å²) in [6, 6.07) is 38.2. The topological polar surface area (TPSA) is 112 Å². The molecule has 48 heavy (non-hydrogen) atoms. The second-order valence-electron chi connectivity index (χ2n) is 11.1. The molecule has 3 radical (unpaired) electrons. The summed E-state index contributed by atoms with van der Waals surface area (Å²) < 4.78 is 1.46. The zero-order chi connectivity index (χ0) is 34.9. The molecule has 6 nitrogen and oxygen atoms in total. The molecule has 7 heteroatoms. The Labute approximate surface area is 295 Å². The number of unbranched alkanes of at least 4 members (excludes halogenated alkanes) is 1. The Morgan fingerprint density at radius 2 is 0.833 bits per heavy atom. The molecule has 0 spiro atoms. The van der Waals surface area contributed by atoms with E-state index in [2.05, 4.69) is 13.8 Å². The van der Waals surface area contributed by atoms with E-state index in [0.29, 0.717) is 16.7 Å². The second kappa shape index (κ2) is 19.8. The number of carboxylic acid groups (broad SMARTS) is 3. The van der Waals surface area contributed by atoms with Crippen LogP contribution >= 0.6 is 0 Å². The largest absolute Gasteiger partial charge is 0.478 e. The standard InChI is InChI=1S/3C11H8O2.C8H17.Sn/c3*12-11(13)10-7-3-5-8-4-1-2-6-9(8)10;1-4-6-7-8(3)5-2;/h3*1-7H,(H,12,13);8H,3-7H2,1-2H3;. The van der Waals surface area contributed by atoms with Crippen molar-refractivity contribution in [3.8, 4) is 0 Å². The zero-order valence-corrected chi connectivity index (χ0v) is 30.2. The molecule has 6 aromatic rings. The van der Waals surface area contributed by atoms with Gasteiger partial charge < -0.3 is 15.3 Å². The van der Waals surface area contributed by atoms with Crippen molar-refractivity contribution in [2.75, 3.05) is 0 Å². The SMILES string of the molecule is CCCCC(CC)[CH2][Sn].O=C(O)c1cccc2ccccc12.O=C(O)c1cccc2ccccc12.O=C(O)c1cccc2ccccc12. The first-order valence-corrected chi connectivity index (χ1v) is 18.0. The Balaban J connectivity index is 0.000000176. The summed E-state index contributed by atoms with van der Waals surface area (Å²) in [7, 11) is 0. The van der Waals surface area contributed by atoms with E-state index in [1.807, 2.05) is 91.0 Å². The van der Waals surface area contributed by atoms with Crippen molar-refractivity contribution in [2.45, 2.75) is 44.0 Å². The quantitative estimate of drug-likeness (QED) is 0.134. The maximum atomic E-state index is 10.8. The Bertz CT molecular complexity index is 1720. The van der Waals surface area contributed by atoms with E-state index in [4.69, 9.17) is 15.3 Å². The number of benzene rings is 6. The first-order chi connectivity index (χ1) is 23.2. The monoisotopic (exact) mass is 749 g/mol. The molecule has 0 saturated heterocycles. The van der Waals surface area contributed by atoms with E-state index in [1.165, 1.54) is 30.1 Å². The van der Waals surface area contributed by atoms with Crippen LogP contribution in [0, 0.1) is 5.92 Å². The Morgan fingerprint density at radius 3 is 1.10 bits per heavy atom.